The summed E-state index contributed by atoms with van der Waals surface area (Å²) in [6.45, 7) is 2.39. The van der Waals surface area contributed by atoms with Crippen molar-refractivity contribution in [2.45, 2.75) is 32.6 Å². The van der Waals surface area contributed by atoms with Crippen molar-refractivity contribution in [2.75, 3.05) is 18.0 Å². The van der Waals surface area contributed by atoms with Gasteiger partial charge in [-0.3, -0.25) is 9.59 Å². The molecule has 5 heteroatoms. The second-order valence-electron chi connectivity index (χ2n) is 5.10. The molecule has 21 heavy (non-hydrogen) atoms. The van der Waals surface area contributed by atoms with Crippen molar-refractivity contribution in [1.82, 2.24) is 0 Å². The van der Waals surface area contributed by atoms with Gasteiger partial charge in [-0.25, -0.2) is 0 Å². The molecule has 0 saturated heterocycles. The van der Waals surface area contributed by atoms with Gasteiger partial charge in [0.25, 0.3) is 0 Å². The van der Waals surface area contributed by atoms with Gasteiger partial charge >= 0.3 is 5.97 Å². The molecule has 1 aromatic rings. The summed E-state index contributed by atoms with van der Waals surface area (Å²) in [5.74, 6) is -0.748. The lowest BCUT2D eigenvalue weighted by molar-refractivity contribution is -0.136. The van der Waals surface area contributed by atoms with Gasteiger partial charge in [0.05, 0.1) is 0 Å². The molecule has 0 spiro atoms. The minimum atomic E-state index is -1.01. The number of amides is 1. The first-order chi connectivity index (χ1) is 10.1. The largest absolute Gasteiger partial charge is 0.480 e. The topological polar surface area (TPSA) is 83.6 Å². The maximum absolute atomic E-state index is 12.3. The van der Waals surface area contributed by atoms with Gasteiger partial charge in [0.1, 0.15) is 6.54 Å². The van der Waals surface area contributed by atoms with Crippen LogP contribution in [0.1, 0.15) is 32.6 Å². The van der Waals surface area contributed by atoms with Crippen molar-refractivity contribution in [2.24, 2.45) is 11.7 Å². The highest BCUT2D eigenvalue weighted by Crippen LogP contribution is 2.19. The number of benzene rings is 1. The summed E-state index contributed by atoms with van der Waals surface area (Å²) in [6, 6.07) is 8.92. The molecule has 116 valence electrons. The van der Waals surface area contributed by atoms with Gasteiger partial charge in [-0.05, 0) is 37.4 Å². The molecule has 1 aromatic carbocycles. The van der Waals surface area contributed by atoms with Crippen molar-refractivity contribution in [1.29, 1.82) is 0 Å². The second kappa shape index (κ2) is 9.13. The fraction of sp³-hybridized carbons (Fsp3) is 0.500. The van der Waals surface area contributed by atoms with Crippen molar-refractivity contribution in [3.8, 4) is 0 Å². The van der Waals surface area contributed by atoms with Gasteiger partial charge < -0.3 is 15.7 Å². The third-order valence-electron chi connectivity index (χ3n) is 3.58. The van der Waals surface area contributed by atoms with Gasteiger partial charge in [-0.15, -0.1) is 0 Å². The van der Waals surface area contributed by atoms with Crippen LogP contribution in [0.5, 0.6) is 0 Å². The Hall–Kier alpha value is -1.88. The number of nitrogens with two attached hydrogens (primary N) is 1. The zero-order valence-corrected chi connectivity index (χ0v) is 12.5. The van der Waals surface area contributed by atoms with E-state index in [1.54, 1.807) is 24.3 Å². The predicted octanol–water partition coefficient (Wildman–Crippen LogP) is 2.26. The molecule has 3 N–H and O–H groups in total. The number of aliphatic carboxylic acids is 1. The highest BCUT2D eigenvalue weighted by atomic mass is 16.4. The fourth-order valence-electron chi connectivity index (χ4n) is 2.32. The lowest BCUT2D eigenvalue weighted by atomic mass is 9.96. The second-order valence-corrected chi connectivity index (χ2v) is 5.10. The fourth-order valence-corrected chi connectivity index (χ4v) is 2.32. The van der Waals surface area contributed by atoms with E-state index in [2.05, 4.69) is 6.92 Å². The molecule has 0 bridgehead atoms. The molecule has 1 atom stereocenters. The number of carbonyl (C=O) groups is 2. The number of hydrogen-bond donors (Lipinski definition) is 2. The summed E-state index contributed by atoms with van der Waals surface area (Å²) in [5, 5.41) is 8.99. The SMILES string of the molecule is CCC(CCN)CCC(=O)N(CC(=O)O)c1ccccc1. The molecule has 0 aliphatic rings. The van der Waals surface area contributed by atoms with E-state index in [-0.39, 0.29) is 12.5 Å². The summed E-state index contributed by atoms with van der Waals surface area (Å²) in [7, 11) is 0. The standard InChI is InChI=1S/C16H24N2O3/c1-2-13(10-11-17)8-9-15(19)18(12-16(20)21)14-6-4-3-5-7-14/h3-7,13H,2,8-12,17H2,1H3,(H,20,21). The van der Waals surface area contributed by atoms with E-state index >= 15 is 0 Å². The number of anilines is 1. The Bertz CT molecular complexity index is 448. The summed E-state index contributed by atoms with van der Waals surface area (Å²) >= 11 is 0. The number of nitrogens with zero attached hydrogens (tertiary/aromatic N) is 1. The Morgan fingerprint density at radius 3 is 2.43 bits per heavy atom. The Balaban J connectivity index is 2.70. The molecular weight excluding hydrogens is 268 g/mol. The lowest BCUT2D eigenvalue weighted by Gasteiger charge is -2.22. The first-order valence-corrected chi connectivity index (χ1v) is 7.35. The minimum Gasteiger partial charge on any atom is -0.480 e. The summed E-state index contributed by atoms with van der Waals surface area (Å²) in [6.07, 6.45) is 2.97. The molecule has 5 nitrogen and oxygen atoms in total. The van der Waals surface area contributed by atoms with E-state index in [0.717, 1.165) is 19.3 Å². The van der Waals surface area contributed by atoms with Crippen LogP contribution < -0.4 is 10.6 Å². The van der Waals surface area contributed by atoms with E-state index < -0.39 is 5.97 Å². The number of carboxylic acids is 1. The maximum atomic E-state index is 12.3. The van der Waals surface area contributed by atoms with Crippen LogP contribution >= 0.6 is 0 Å². The molecule has 0 aliphatic heterocycles. The van der Waals surface area contributed by atoms with Gasteiger partial charge in [0, 0.05) is 12.1 Å². The van der Waals surface area contributed by atoms with Gasteiger partial charge in [-0.2, -0.15) is 0 Å². The van der Waals surface area contributed by atoms with E-state index in [9.17, 15) is 9.59 Å². The molecule has 0 saturated carbocycles. The van der Waals surface area contributed by atoms with E-state index in [1.807, 2.05) is 6.07 Å². The third-order valence-corrected chi connectivity index (χ3v) is 3.58. The Kier molecular flexibility index (Phi) is 7.46. The molecule has 1 amide bonds. The van der Waals surface area contributed by atoms with Crippen LogP contribution in [0.3, 0.4) is 0 Å². The molecule has 0 fully saturated rings. The van der Waals surface area contributed by atoms with Crippen LogP contribution in [0, 0.1) is 5.92 Å². The van der Waals surface area contributed by atoms with Crippen molar-refractivity contribution < 1.29 is 14.7 Å². The van der Waals surface area contributed by atoms with Crippen molar-refractivity contribution >= 4 is 17.6 Å². The maximum Gasteiger partial charge on any atom is 0.323 e. The molecular formula is C16H24N2O3. The number of rotatable bonds is 9. The molecule has 1 rings (SSSR count). The molecule has 0 heterocycles. The van der Waals surface area contributed by atoms with Crippen LogP contribution in [0.25, 0.3) is 0 Å². The van der Waals surface area contributed by atoms with Crippen LogP contribution in [-0.2, 0) is 9.59 Å². The van der Waals surface area contributed by atoms with Crippen molar-refractivity contribution in [3.05, 3.63) is 30.3 Å². The molecule has 1 unspecified atom stereocenters. The summed E-state index contributed by atoms with van der Waals surface area (Å²) in [4.78, 5) is 24.6. The average molecular weight is 292 g/mol. The van der Waals surface area contributed by atoms with Gasteiger partial charge in [-0.1, -0.05) is 31.5 Å². The Morgan fingerprint density at radius 2 is 1.90 bits per heavy atom. The number of hydrogen-bond acceptors (Lipinski definition) is 3. The molecule has 0 radical (unpaired) electrons. The van der Waals surface area contributed by atoms with Gasteiger partial charge in [0.2, 0.25) is 5.91 Å². The Labute approximate surface area is 125 Å². The van der Waals surface area contributed by atoms with Crippen LogP contribution in [0.15, 0.2) is 30.3 Å². The van der Waals surface area contributed by atoms with Crippen LogP contribution in [0.4, 0.5) is 5.69 Å². The molecule has 0 aromatic heterocycles. The third kappa shape index (κ3) is 5.95. The summed E-state index contributed by atoms with van der Waals surface area (Å²) in [5.41, 5.74) is 6.18. The average Bonchev–Trinajstić information content (AvgIpc) is 2.49. The normalized spacial score (nSPS) is 11.9. The zero-order chi connectivity index (χ0) is 15.7. The zero-order valence-electron chi connectivity index (χ0n) is 12.5. The quantitative estimate of drug-likeness (QED) is 0.731. The highest BCUT2D eigenvalue weighted by molar-refractivity contribution is 5.97. The lowest BCUT2D eigenvalue weighted by Crippen LogP contribution is -2.35. The number of carbonyl (C=O) groups excluding carboxylic acids is 1. The Morgan fingerprint density at radius 1 is 1.24 bits per heavy atom. The minimum absolute atomic E-state index is 0.154. The van der Waals surface area contributed by atoms with Crippen LogP contribution in [0.2, 0.25) is 0 Å². The number of carboxylic acid groups (broad SMARTS) is 1. The molecule has 0 aliphatic carbocycles. The summed E-state index contributed by atoms with van der Waals surface area (Å²) < 4.78 is 0. The van der Waals surface area contributed by atoms with Gasteiger partial charge in [0.15, 0.2) is 0 Å². The monoisotopic (exact) mass is 292 g/mol. The first-order valence-electron chi connectivity index (χ1n) is 7.35. The first kappa shape index (κ1) is 17.2. The van der Waals surface area contributed by atoms with Crippen molar-refractivity contribution in [3.63, 3.8) is 0 Å². The van der Waals surface area contributed by atoms with E-state index in [1.165, 1.54) is 4.90 Å². The van der Waals surface area contributed by atoms with E-state index in [0.29, 0.717) is 24.6 Å². The smallest absolute Gasteiger partial charge is 0.323 e. The predicted molar refractivity (Wildman–Crippen MR) is 83.1 cm³/mol. The van der Waals surface area contributed by atoms with Crippen LogP contribution in [-0.4, -0.2) is 30.1 Å². The number of para-hydroxylation sites is 1. The van der Waals surface area contributed by atoms with E-state index in [4.69, 9.17) is 10.8 Å². The highest BCUT2D eigenvalue weighted by Gasteiger charge is 2.19.